The maximum atomic E-state index is 13.0. The van der Waals surface area contributed by atoms with Crippen molar-refractivity contribution in [3.05, 3.63) is 65.2 Å². The summed E-state index contributed by atoms with van der Waals surface area (Å²) in [6.45, 7) is 2.50. The van der Waals surface area contributed by atoms with Crippen molar-refractivity contribution in [1.29, 1.82) is 0 Å². The largest absolute Gasteiger partial charge is 0.371 e. The summed E-state index contributed by atoms with van der Waals surface area (Å²) in [5, 5.41) is 3.03. The van der Waals surface area contributed by atoms with Gasteiger partial charge in [-0.05, 0) is 55.5 Å². The molecule has 5 rings (SSSR count). The van der Waals surface area contributed by atoms with Crippen molar-refractivity contribution in [3.63, 3.8) is 0 Å². The first-order valence-electron chi connectivity index (χ1n) is 11.7. The van der Waals surface area contributed by atoms with Crippen molar-refractivity contribution in [2.24, 2.45) is 5.92 Å². The fraction of sp³-hybridized carbons (Fsp3) is 0.423. The van der Waals surface area contributed by atoms with Gasteiger partial charge in [-0.15, -0.1) is 0 Å². The number of carbonyl (C=O) groups excluding carboxylic acids is 3. The summed E-state index contributed by atoms with van der Waals surface area (Å²) in [4.78, 5) is 42.4. The standard InChI is InChI=1S/C26H29N3O3/c30-24(27-16-18-13-14-28(17-18)20-7-3-1-4-8-20)19-11-12-22-23(15-19)26(32)29(25(22)31)21-9-5-2-6-10-21/h1,3-4,7-8,11-12,15,18,21H,2,5-6,9-10,13-14,16-17H2,(H,27,30). The number of fused-ring (bicyclic) bond motifs is 1. The van der Waals surface area contributed by atoms with Gasteiger partial charge in [0.15, 0.2) is 0 Å². The lowest BCUT2D eigenvalue weighted by Gasteiger charge is -2.29. The van der Waals surface area contributed by atoms with Gasteiger partial charge in [0, 0.05) is 36.9 Å². The third-order valence-corrected chi connectivity index (χ3v) is 7.08. The van der Waals surface area contributed by atoms with Crippen LogP contribution >= 0.6 is 0 Å². The number of rotatable bonds is 5. The predicted molar refractivity (Wildman–Crippen MR) is 123 cm³/mol. The quantitative estimate of drug-likeness (QED) is 0.730. The van der Waals surface area contributed by atoms with E-state index in [9.17, 15) is 14.4 Å². The number of imide groups is 1. The maximum absolute atomic E-state index is 13.0. The topological polar surface area (TPSA) is 69.7 Å². The zero-order chi connectivity index (χ0) is 22.1. The normalized spacial score (nSPS) is 21.2. The van der Waals surface area contributed by atoms with E-state index in [-0.39, 0.29) is 23.8 Å². The predicted octanol–water partition coefficient (Wildman–Crippen LogP) is 3.87. The Bertz CT molecular complexity index is 1030. The molecular formula is C26H29N3O3. The van der Waals surface area contributed by atoms with Crippen LogP contribution in [0.15, 0.2) is 48.5 Å². The minimum Gasteiger partial charge on any atom is -0.371 e. The average Bonchev–Trinajstić information content (AvgIpc) is 3.41. The Labute approximate surface area is 188 Å². The number of hydrogen-bond donors (Lipinski definition) is 1. The summed E-state index contributed by atoms with van der Waals surface area (Å²) >= 11 is 0. The molecule has 2 heterocycles. The summed E-state index contributed by atoms with van der Waals surface area (Å²) in [5.74, 6) is -0.266. The van der Waals surface area contributed by atoms with Gasteiger partial charge in [-0.3, -0.25) is 19.3 Å². The molecule has 1 unspecified atom stereocenters. The number of nitrogens with zero attached hydrogens (tertiary/aromatic N) is 2. The molecule has 6 nitrogen and oxygen atoms in total. The molecule has 1 aliphatic carbocycles. The molecule has 166 valence electrons. The van der Waals surface area contributed by atoms with Gasteiger partial charge in [0.1, 0.15) is 0 Å². The summed E-state index contributed by atoms with van der Waals surface area (Å²) in [6, 6.07) is 15.2. The van der Waals surface area contributed by atoms with Crippen molar-refractivity contribution < 1.29 is 14.4 Å². The van der Waals surface area contributed by atoms with Crippen molar-refractivity contribution in [1.82, 2.24) is 10.2 Å². The van der Waals surface area contributed by atoms with Crippen molar-refractivity contribution >= 4 is 23.4 Å². The van der Waals surface area contributed by atoms with Gasteiger partial charge in [0.2, 0.25) is 0 Å². The first kappa shape index (κ1) is 20.7. The smallest absolute Gasteiger partial charge is 0.261 e. The molecule has 32 heavy (non-hydrogen) atoms. The summed E-state index contributed by atoms with van der Waals surface area (Å²) in [5.41, 5.74) is 2.44. The van der Waals surface area contributed by atoms with Crippen molar-refractivity contribution in [2.75, 3.05) is 24.5 Å². The van der Waals surface area contributed by atoms with Crippen LogP contribution in [-0.2, 0) is 0 Å². The van der Waals surface area contributed by atoms with Gasteiger partial charge in [0.25, 0.3) is 17.7 Å². The first-order chi connectivity index (χ1) is 15.6. The Morgan fingerprint density at radius 3 is 2.44 bits per heavy atom. The van der Waals surface area contributed by atoms with Gasteiger partial charge in [-0.25, -0.2) is 0 Å². The second kappa shape index (κ2) is 8.77. The van der Waals surface area contributed by atoms with Gasteiger partial charge in [0.05, 0.1) is 11.1 Å². The zero-order valence-electron chi connectivity index (χ0n) is 18.3. The minimum atomic E-state index is -0.249. The molecule has 1 atom stereocenters. The highest BCUT2D eigenvalue weighted by atomic mass is 16.2. The Hall–Kier alpha value is -3.15. The van der Waals surface area contributed by atoms with Crippen LogP contribution in [0.2, 0.25) is 0 Å². The second-order valence-corrected chi connectivity index (χ2v) is 9.18. The highest BCUT2D eigenvalue weighted by Crippen LogP contribution is 2.31. The van der Waals surface area contributed by atoms with Gasteiger partial charge in [-0.1, -0.05) is 37.5 Å². The van der Waals surface area contributed by atoms with Crippen LogP contribution in [0.4, 0.5) is 5.69 Å². The first-order valence-corrected chi connectivity index (χ1v) is 11.7. The van der Waals surface area contributed by atoms with Gasteiger partial charge < -0.3 is 10.2 Å². The average molecular weight is 432 g/mol. The van der Waals surface area contributed by atoms with E-state index in [1.165, 1.54) is 10.6 Å². The number of amides is 3. The third kappa shape index (κ3) is 3.90. The molecule has 3 amide bonds. The zero-order valence-corrected chi connectivity index (χ0v) is 18.3. The Kier molecular flexibility index (Phi) is 5.68. The molecule has 0 spiro atoms. The van der Waals surface area contributed by atoms with E-state index in [2.05, 4.69) is 22.3 Å². The van der Waals surface area contributed by atoms with E-state index in [1.54, 1.807) is 18.2 Å². The summed E-state index contributed by atoms with van der Waals surface area (Å²) in [7, 11) is 0. The van der Waals surface area contributed by atoms with Gasteiger partial charge in [-0.2, -0.15) is 0 Å². The van der Waals surface area contributed by atoms with Crippen LogP contribution < -0.4 is 10.2 Å². The molecule has 1 N–H and O–H groups in total. The molecule has 2 aromatic rings. The minimum absolute atomic E-state index is 0.0108. The SMILES string of the molecule is O=C(NCC1CCN(c2ccccc2)C1)c1ccc2c(c1)C(=O)N(C1CCCCC1)C2=O. The molecule has 1 saturated heterocycles. The Balaban J connectivity index is 1.21. The molecule has 0 aromatic heterocycles. The summed E-state index contributed by atoms with van der Waals surface area (Å²) in [6.07, 6.45) is 6.04. The number of benzene rings is 2. The number of anilines is 1. The van der Waals surface area contributed by atoms with E-state index in [1.807, 2.05) is 18.2 Å². The van der Waals surface area contributed by atoms with E-state index in [0.29, 0.717) is 29.2 Å². The lowest BCUT2D eigenvalue weighted by Crippen LogP contribution is -2.40. The fourth-order valence-corrected chi connectivity index (χ4v) is 5.28. The molecule has 1 saturated carbocycles. The van der Waals surface area contributed by atoms with Crippen LogP contribution in [0, 0.1) is 5.92 Å². The molecule has 3 aliphatic rings. The van der Waals surface area contributed by atoms with Crippen molar-refractivity contribution in [3.8, 4) is 0 Å². The highest BCUT2D eigenvalue weighted by molar-refractivity contribution is 6.22. The van der Waals surface area contributed by atoms with Crippen LogP contribution in [0.3, 0.4) is 0 Å². The lowest BCUT2D eigenvalue weighted by atomic mass is 9.94. The number of nitrogens with one attached hydrogen (secondary N) is 1. The van der Waals surface area contributed by atoms with E-state index in [0.717, 1.165) is 51.6 Å². The molecule has 6 heteroatoms. The molecule has 2 fully saturated rings. The van der Waals surface area contributed by atoms with E-state index >= 15 is 0 Å². The van der Waals surface area contributed by atoms with E-state index in [4.69, 9.17) is 0 Å². The maximum Gasteiger partial charge on any atom is 0.261 e. The number of carbonyl (C=O) groups is 3. The molecule has 0 bridgehead atoms. The number of hydrogen-bond acceptors (Lipinski definition) is 4. The van der Waals surface area contributed by atoms with Crippen LogP contribution in [0.1, 0.15) is 69.6 Å². The molecule has 0 radical (unpaired) electrons. The molecule has 2 aliphatic heterocycles. The van der Waals surface area contributed by atoms with E-state index < -0.39 is 0 Å². The Morgan fingerprint density at radius 2 is 1.66 bits per heavy atom. The van der Waals surface area contributed by atoms with Crippen LogP contribution in [0.25, 0.3) is 0 Å². The fourth-order valence-electron chi connectivity index (χ4n) is 5.28. The Morgan fingerprint density at radius 1 is 0.906 bits per heavy atom. The summed E-state index contributed by atoms with van der Waals surface area (Å²) < 4.78 is 0. The monoisotopic (exact) mass is 431 g/mol. The lowest BCUT2D eigenvalue weighted by molar-refractivity contribution is 0.0548. The van der Waals surface area contributed by atoms with Crippen LogP contribution in [0.5, 0.6) is 0 Å². The second-order valence-electron chi connectivity index (χ2n) is 9.18. The number of para-hydroxylation sites is 1. The third-order valence-electron chi connectivity index (χ3n) is 7.08. The van der Waals surface area contributed by atoms with Crippen LogP contribution in [-0.4, -0.2) is 48.3 Å². The van der Waals surface area contributed by atoms with Gasteiger partial charge >= 0.3 is 0 Å². The molecule has 2 aromatic carbocycles. The van der Waals surface area contributed by atoms with Crippen molar-refractivity contribution in [2.45, 2.75) is 44.6 Å². The highest BCUT2D eigenvalue weighted by Gasteiger charge is 2.40. The molecular weight excluding hydrogens is 402 g/mol.